The van der Waals surface area contributed by atoms with Gasteiger partial charge in [0.1, 0.15) is 6.04 Å². The van der Waals surface area contributed by atoms with E-state index in [1.54, 1.807) is 41.9 Å². The van der Waals surface area contributed by atoms with E-state index >= 15 is 0 Å². The highest BCUT2D eigenvalue weighted by Gasteiger charge is 2.17. The van der Waals surface area contributed by atoms with Crippen LogP contribution in [0.5, 0.6) is 0 Å². The fourth-order valence-corrected chi connectivity index (χ4v) is 1.80. The first-order valence-corrected chi connectivity index (χ1v) is 6.45. The number of carbonyl (C=O) groups is 1. The van der Waals surface area contributed by atoms with Gasteiger partial charge in [-0.25, -0.2) is 4.68 Å². The summed E-state index contributed by atoms with van der Waals surface area (Å²) >= 11 is 5.83. The second-order valence-electron chi connectivity index (χ2n) is 4.56. The molecule has 0 bridgehead atoms. The number of carboxylic acids is 1. The van der Waals surface area contributed by atoms with Crippen molar-refractivity contribution in [3.63, 3.8) is 0 Å². The molecule has 0 radical (unpaired) electrons. The molecule has 20 heavy (non-hydrogen) atoms. The van der Waals surface area contributed by atoms with Crippen molar-refractivity contribution in [3.05, 3.63) is 41.2 Å². The number of rotatable bonds is 5. The van der Waals surface area contributed by atoms with Gasteiger partial charge in [-0.1, -0.05) is 16.8 Å². The van der Waals surface area contributed by atoms with E-state index in [-0.39, 0.29) is 0 Å². The maximum Gasteiger partial charge on any atom is 0.320 e. The normalized spacial score (nSPS) is 12.6. The van der Waals surface area contributed by atoms with Crippen molar-refractivity contribution in [1.29, 1.82) is 0 Å². The lowest BCUT2D eigenvalue weighted by Gasteiger charge is -2.19. The SMILES string of the molecule is C[C@H](C(=O)O)N(C)Cc1cn(-c2ccc(Cl)cc2)nn1. The van der Waals surface area contributed by atoms with Crippen molar-refractivity contribution in [2.45, 2.75) is 19.5 Å². The first-order valence-electron chi connectivity index (χ1n) is 6.07. The molecule has 0 aliphatic rings. The summed E-state index contributed by atoms with van der Waals surface area (Å²) in [6.07, 6.45) is 1.77. The van der Waals surface area contributed by atoms with Gasteiger partial charge in [-0.15, -0.1) is 5.10 Å². The maximum absolute atomic E-state index is 10.9. The third kappa shape index (κ3) is 3.34. The van der Waals surface area contributed by atoms with E-state index < -0.39 is 12.0 Å². The molecule has 7 heteroatoms. The zero-order valence-corrected chi connectivity index (χ0v) is 11.9. The molecule has 1 N–H and O–H groups in total. The highest BCUT2D eigenvalue weighted by molar-refractivity contribution is 6.30. The predicted molar refractivity (Wildman–Crippen MR) is 74.9 cm³/mol. The van der Waals surface area contributed by atoms with Gasteiger partial charge in [-0.2, -0.15) is 0 Å². The number of halogens is 1. The van der Waals surface area contributed by atoms with Crippen LogP contribution in [0.3, 0.4) is 0 Å². The van der Waals surface area contributed by atoms with Crippen LogP contribution in [0.2, 0.25) is 5.02 Å². The van der Waals surface area contributed by atoms with Gasteiger partial charge in [-0.05, 0) is 38.2 Å². The van der Waals surface area contributed by atoms with Gasteiger partial charge < -0.3 is 5.11 Å². The zero-order valence-electron chi connectivity index (χ0n) is 11.2. The summed E-state index contributed by atoms with van der Waals surface area (Å²) in [5.74, 6) is -0.863. The van der Waals surface area contributed by atoms with E-state index in [1.165, 1.54) is 0 Å². The minimum Gasteiger partial charge on any atom is -0.480 e. The molecule has 2 aromatic rings. The number of benzene rings is 1. The van der Waals surface area contributed by atoms with Gasteiger partial charge in [0.2, 0.25) is 0 Å². The first-order chi connectivity index (χ1) is 9.47. The summed E-state index contributed by atoms with van der Waals surface area (Å²) in [5.41, 5.74) is 1.55. The Morgan fingerprint density at radius 1 is 1.45 bits per heavy atom. The van der Waals surface area contributed by atoms with Gasteiger partial charge in [0, 0.05) is 11.6 Å². The monoisotopic (exact) mass is 294 g/mol. The van der Waals surface area contributed by atoms with Crippen LogP contribution in [-0.4, -0.2) is 44.1 Å². The van der Waals surface area contributed by atoms with Crippen LogP contribution in [-0.2, 0) is 11.3 Å². The molecule has 0 fully saturated rings. The van der Waals surface area contributed by atoms with Crippen LogP contribution in [0.15, 0.2) is 30.5 Å². The van der Waals surface area contributed by atoms with Gasteiger partial charge in [0.15, 0.2) is 0 Å². The van der Waals surface area contributed by atoms with Gasteiger partial charge >= 0.3 is 5.97 Å². The lowest BCUT2D eigenvalue weighted by molar-refractivity contribution is -0.142. The molecular weight excluding hydrogens is 280 g/mol. The van der Waals surface area contributed by atoms with Crippen molar-refractivity contribution in [2.75, 3.05) is 7.05 Å². The molecule has 0 spiro atoms. The van der Waals surface area contributed by atoms with E-state index in [2.05, 4.69) is 10.3 Å². The second kappa shape index (κ2) is 6.02. The molecule has 6 nitrogen and oxygen atoms in total. The topological polar surface area (TPSA) is 71.2 Å². The standard InChI is InChI=1S/C13H15ClN4O2/c1-9(13(19)20)17(2)7-11-8-18(16-15-11)12-5-3-10(14)4-6-12/h3-6,8-9H,7H2,1-2H3,(H,19,20)/t9-/m1/s1. The summed E-state index contributed by atoms with van der Waals surface area (Å²) in [6.45, 7) is 2.05. The van der Waals surface area contributed by atoms with E-state index in [1.807, 2.05) is 12.1 Å². The number of nitrogens with zero attached hydrogens (tertiary/aromatic N) is 4. The molecule has 0 aliphatic heterocycles. The molecule has 0 saturated carbocycles. The van der Waals surface area contributed by atoms with E-state index in [0.29, 0.717) is 17.3 Å². The fraction of sp³-hybridized carbons (Fsp3) is 0.308. The highest BCUT2D eigenvalue weighted by atomic mass is 35.5. The largest absolute Gasteiger partial charge is 0.480 e. The Kier molecular flexibility index (Phi) is 4.36. The van der Waals surface area contributed by atoms with Crippen LogP contribution in [0.4, 0.5) is 0 Å². The maximum atomic E-state index is 10.9. The Balaban J connectivity index is 2.09. The number of aromatic nitrogens is 3. The summed E-state index contributed by atoms with van der Waals surface area (Å²) in [6, 6.07) is 6.65. The summed E-state index contributed by atoms with van der Waals surface area (Å²) in [5, 5.41) is 17.7. The van der Waals surface area contributed by atoms with Crippen molar-refractivity contribution >= 4 is 17.6 Å². The molecule has 1 aromatic carbocycles. The van der Waals surface area contributed by atoms with E-state index in [0.717, 1.165) is 5.69 Å². The van der Waals surface area contributed by atoms with Crippen LogP contribution in [0, 0.1) is 0 Å². The zero-order chi connectivity index (χ0) is 14.7. The minimum absolute atomic E-state index is 0.418. The number of hydrogen-bond donors (Lipinski definition) is 1. The van der Waals surface area contributed by atoms with Crippen LogP contribution in [0.25, 0.3) is 5.69 Å². The summed E-state index contributed by atoms with van der Waals surface area (Å²) < 4.78 is 1.63. The molecule has 1 heterocycles. The molecule has 0 aliphatic carbocycles. The van der Waals surface area contributed by atoms with Crippen molar-refractivity contribution < 1.29 is 9.90 Å². The third-order valence-electron chi connectivity index (χ3n) is 3.06. The van der Waals surface area contributed by atoms with Crippen LogP contribution >= 0.6 is 11.6 Å². The van der Waals surface area contributed by atoms with Crippen LogP contribution < -0.4 is 0 Å². The average molecular weight is 295 g/mol. The van der Waals surface area contributed by atoms with Crippen LogP contribution in [0.1, 0.15) is 12.6 Å². The number of carboxylic acid groups (broad SMARTS) is 1. The molecule has 2 rings (SSSR count). The number of hydrogen-bond acceptors (Lipinski definition) is 4. The van der Waals surface area contributed by atoms with E-state index in [4.69, 9.17) is 16.7 Å². The number of likely N-dealkylation sites (N-methyl/N-ethyl adjacent to an activating group) is 1. The summed E-state index contributed by atoms with van der Waals surface area (Å²) in [4.78, 5) is 12.6. The molecule has 0 unspecified atom stereocenters. The molecular formula is C13H15ClN4O2. The summed E-state index contributed by atoms with van der Waals surface area (Å²) in [7, 11) is 1.74. The Hall–Kier alpha value is -1.92. The van der Waals surface area contributed by atoms with Gasteiger partial charge in [0.05, 0.1) is 17.6 Å². The second-order valence-corrected chi connectivity index (χ2v) is 5.00. The number of aliphatic carboxylic acids is 1. The quantitative estimate of drug-likeness (QED) is 0.911. The molecule has 0 amide bonds. The first kappa shape index (κ1) is 14.5. The molecule has 0 saturated heterocycles. The predicted octanol–water partition coefficient (Wildman–Crippen LogP) is 1.83. The van der Waals surface area contributed by atoms with Crippen molar-refractivity contribution in [1.82, 2.24) is 19.9 Å². The minimum atomic E-state index is -0.863. The Labute approximate surface area is 121 Å². The fourth-order valence-electron chi connectivity index (χ4n) is 1.67. The third-order valence-corrected chi connectivity index (χ3v) is 3.31. The Morgan fingerprint density at radius 3 is 2.70 bits per heavy atom. The van der Waals surface area contributed by atoms with Crippen molar-refractivity contribution in [2.24, 2.45) is 0 Å². The Morgan fingerprint density at radius 2 is 2.10 bits per heavy atom. The smallest absolute Gasteiger partial charge is 0.320 e. The molecule has 106 valence electrons. The molecule has 1 atom stereocenters. The van der Waals surface area contributed by atoms with E-state index in [9.17, 15) is 4.79 Å². The van der Waals surface area contributed by atoms with Gasteiger partial charge in [0.25, 0.3) is 0 Å². The highest BCUT2D eigenvalue weighted by Crippen LogP contribution is 2.13. The van der Waals surface area contributed by atoms with Gasteiger partial charge in [-0.3, -0.25) is 9.69 Å². The Bertz CT molecular complexity index is 597. The lowest BCUT2D eigenvalue weighted by atomic mass is 10.3. The molecule has 1 aromatic heterocycles. The van der Waals surface area contributed by atoms with Crippen molar-refractivity contribution in [3.8, 4) is 5.69 Å². The average Bonchev–Trinajstić information content (AvgIpc) is 2.87. The lowest BCUT2D eigenvalue weighted by Crippen LogP contribution is -2.35.